The molecular weight excluding hydrogens is 178 g/mol. The van der Waals surface area contributed by atoms with Crippen LogP contribution in [0.4, 0.5) is 0 Å². The summed E-state index contributed by atoms with van der Waals surface area (Å²) in [5, 5.41) is 9.25. The molecule has 0 saturated carbocycles. The van der Waals surface area contributed by atoms with Crippen molar-refractivity contribution in [2.75, 3.05) is 0 Å². The van der Waals surface area contributed by atoms with E-state index in [0.717, 1.165) is 5.56 Å². The largest absolute Gasteiger partial charge is 0.192 e. The van der Waals surface area contributed by atoms with Crippen LogP contribution in [-0.4, -0.2) is 5.25 Å². The molecule has 0 aromatic heterocycles. The second-order valence-electron chi connectivity index (χ2n) is 2.97. The lowest BCUT2D eigenvalue weighted by Gasteiger charge is -2.07. The molecule has 0 aliphatic heterocycles. The minimum atomic E-state index is 0.646. The van der Waals surface area contributed by atoms with Crippen molar-refractivity contribution >= 4 is 11.8 Å². The van der Waals surface area contributed by atoms with Crippen molar-refractivity contribution in [3.63, 3.8) is 0 Å². The Morgan fingerprint density at radius 2 is 2.00 bits per heavy atom. The molecule has 0 amide bonds. The highest BCUT2D eigenvalue weighted by Crippen LogP contribution is 2.24. The van der Waals surface area contributed by atoms with Crippen LogP contribution in [0.5, 0.6) is 0 Å². The van der Waals surface area contributed by atoms with Crippen molar-refractivity contribution in [1.82, 2.24) is 0 Å². The van der Waals surface area contributed by atoms with E-state index in [2.05, 4.69) is 19.9 Å². The number of nitrogens with zero attached hydrogens (tertiary/aromatic N) is 1. The van der Waals surface area contributed by atoms with Crippen LogP contribution >= 0.6 is 11.8 Å². The van der Waals surface area contributed by atoms with Gasteiger partial charge in [0, 0.05) is 10.1 Å². The summed E-state index contributed by atoms with van der Waals surface area (Å²) in [4.78, 5) is 1.24. The first kappa shape index (κ1) is 10.1. The van der Waals surface area contributed by atoms with Gasteiger partial charge in [0.15, 0.2) is 0 Å². The van der Waals surface area contributed by atoms with Gasteiger partial charge in [-0.3, -0.25) is 0 Å². The van der Waals surface area contributed by atoms with Crippen LogP contribution in [0.15, 0.2) is 29.2 Å². The fraction of sp³-hybridized carbons (Fsp3) is 0.364. The summed E-state index contributed by atoms with van der Waals surface area (Å²) in [6.07, 6.45) is 1.17. The Labute approximate surface area is 83.8 Å². The van der Waals surface area contributed by atoms with Crippen LogP contribution in [-0.2, 0) is 0 Å². The molecule has 0 aliphatic carbocycles. The molecule has 1 aromatic carbocycles. The predicted molar refractivity (Wildman–Crippen MR) is 56.8 cm³/mol. The molecule has 1 rings (SSSR count). The Kier molecular flexibility index (Phi) is 3.85. The molecule has 0 N–H and O–H groups in total. The van der Waals surface area contributed by atoms with Crippen LogP contribution in [0, 0.1) is 11.3 Å². The van der Waals surface area contributed by atoms with Crippen LogP contribution in [0.1, 0.15) is 25.8 Å². The van der Waals surface area contributed by atoms with Crippen molar-refractivity contribution in [3.05, 3.63) is 29.8 Å². The van der Waals surface area contributed by atoms with E-state index >= 15 is 0 Å². The highest BCUT2D eigenvalue weighted by molar-refractivity contribution is 7.99. The topological polar surface area (TPSA) is 23.8 Å². The van der Waals surface area contributed by atoms with E-state index in [1.165, 1.54) is 11.3 Å². The molecule has 0 bridgehead atoms. The summed E-state index contributed by atoms with van der Waals surface area (Å²) < 4.78 is 0. The molecule has 0 fully saturated rings. The third-order valence-corrected chi connectivity index (χ3v) is 3.18. The van der Waals surface area contributed by atoms with Gasteiger partial charge in [-0.1, -0.05) is 13.8 Å². The second kappa shape index (κ2) is 4.94. The standard InChI is InChI=1S/C11H13NS/c1-3-9(2)13-11-6-4-10(8-12)5-7-11/h4-7,9H,3H2,1-2H3. The first-order valence-electron chi connectivity index (χ1n) is 4.43. The molecule has 0 heterocycles. The fourth-order valence-electron chi connectivity index (χ4n) is 0.924. The van der Waals surface area contributed by atoms with E-state index in [0.29, 0.717) is 5.25 Å². The molecule has 68 valence electrons. The van der Waals surface area contributed by atoms with Gasteiger partial charge in [-0.25, -0.2) is 0 Å². The number of nitriles is 1. The van der Waals surface area contributed by atoms with Gasteiger partial charge < -0.3 is 0 Å². The average Bonchev–Trinajstić information content (AvgIpc) is 2.19. The molecule has 0 aliphatic rings. The van der Waals surface area contributed by atoms with E-state index in [4.69, 9.17) is 5.26 Å². The third-order valence-electron chi connectivity index (χ3n) is 1.90. The highest BCUT2D eigenvalue weighted by Gasteiger charge is 2.00. The van der Waals surface area contributed by atoms with Crippen LogP contribution in [0.2, 0.25) is 0 Å². The first-order valence-corrected chi connectivity index (χ1v) is 5.31. The summed E-state index contributed by atoms with van der Waals surface area (Å²) in [7, 11) is 0. The number of benzene rings is 1. The SMILES string of the molecule is CCC(C)Sc1ccc(C#N)cc1. The lowest BCUT2D eigenvalue weighted by Crippen LogP contribution is -1.91. The summed E-state index contributed by atoms with van der Waals surface area (Å²) in [6.45, 7) is 4.39. The van der Waals surface area contributed by atoms with E-state index < -0.39 is 0 Å². The number of hydrogen-bond donors (Lipinski definition) is 0. The maximum absolute atomic E-state index is 8.60. The Balaban J connectivity index is 2.65. The molecule has 0 spiro atoms. The lowest BCUT2D eigenvalue weighted by molar-refractivity contribution is 0.905. The van der Waals surface area contributed by atoms with Crippen molar-refractivity contribution in [1.29, 1.82) is 5.26 Å². The maximum atomic E-state index is 8.60. The van der Waals surface area contributed by atoms with Crippen molar-refractivity contribution in [3.8, 4) is 6.07 Å². The van der Waals surface area contributed by atoms with Gasteiger partial charge in [0.1, 0.15) is 0 Å². The maximum Gasteiger partial charge on any atom is 0.0991 e. The van der Waals surface area contributed by atoms with Crippen molar-refractivity contribution in [2.45, 2.75) is 30.4 Å². The van der Waals surface area contributed by atoms with Gasteiger partial charge in [-0.2, -0.15) is 5.26 Å². The van der Waals surface area contributed by atoms with Gasteiger partial charge in [0.05, 0.1) is 11.6 Å². The molecule has 1 unspecified atom stereocenters. The molecule has 1 nitrogen and oxygen atoms in total. The van der Waals surface area contributed by atoms with Gasteiger partial charge in [0.2, 0.25) is 0 Å². The monoisotopic (exact) mass is 191 g/mol. The Morgan fingerprint density at radius 1 is 1.38 bits per heavy atom. The van der Waals surface area contributed by atoms with Gasteiger partial charge >= 0.3 is 0 Å². The summed E-state index contributed by atoms with van der Waals surface area (Å²) >= 11 is 1.85. The summed E-state index contributed by atoms with van der Waals surface area (Å²) in [5.41, 5.74) is 0.730. The van der Waals surface area contributed by atoms with Crippen LogP contribution in [0.3, 0.4) is 0 Å². The minimum absolute atomic E-state index is 0.646. The number of hydrogen-bond acceptors (Lipinski definition) is 2. The quantitative estimate of drug-likeness (QED) is 0.683. The fourth-order valence-corrected chi connectivity index (χ4v) is 1.85. The average molecular weight is 191 g/mol. The number of rotatable bonds is 3. The van der Waals surface area contributed by atoms with E-state index in [-0.39, 0.29) is 0 Å². The Morgan fingerprint density at radius 3 is 2.46 bits per heavy atom. The van der Waals surface area contributed by atoms with Crippen LogP contribution in [0.25, 0.3) is 0 Å². The summed E-state index contributed by atoms with van der Waals surface area (Å²) in [6, 6.07) is 9.86. The van der Waals surface area contributed by atoms with Gasteiger partial charge in [0.25, 0.3) is 0 Å². The molecule has 0 saturated heterocycles. The summed E-state index contributed by atoms with van der Waals surface area (Å²) in [5.74, 6) is 0. The minimum Gasteiger partial charge on any atom is -0.192 e. The zero-order chi connectivity index (χ0) is 9.68. The van der Waals surface area contributed by atoms with Gasteiger partial charge in [-0.05, 0) is 30.7 Å². The van der Waals surface area contributed by atoms with Crippen LogP contribution < -0.4 is 0 Å². The molecular formula is C11H13NS. The first-order chi connectivity index (χ1) is 6.26. The zero-order valence-corrected chi connectivity index (χ0v) is 8.77. The predicted octanol–water partition coefficient (Wildman–Crippen LogP) is 3.45. The lowest BCUT2D eigenvalue weighted by atomic mass is 10.2. The van der Waals surface area contributed by atoms with Crippen molar-refractivity contribution < 1.29 is 0 Å². The molecule has 1 atom stereocenters. The third kappa shape index (κ3) is 3.12. The smallest absolute Gasteiger partial charge is 0.0991 e. The van der Waals surface area contributed by atoms with E-state index in [1.807, 2.05) is 36.0 Å². The van der Waals surface area contributed by atoms with Crippen molar-refractivity contribution in [2.24, 2.45) is 0 Å². The molecule has 0 radical (unpaired) electrons. The van der Waals surface area contributed by atoms with E-state index in [9.17, 15) is 0 Å². The van der Waals surface area contributed by atoms with Gasteiger partial charge in [-0.15, -0.1) is 11.8 Å². The second-order valence-corrected chi connectivity index (χ2v) is 4.48. The van der Waals surface area contributed by atoms with E-state index in [1.54, 1.807) is 0 Å². The molecule has 13 heavy (non-hydrogen) atoms. The molecule has 2 heteroatoms. The number of thioether (sulfide) groups is 1. The molecule has 1 aromatic rings. The normalized spacial score (nSPS) is 12.1. The highest BCUT2D eigenvalue weighted by atomic mass is 32.2. The zero-order valence-electron chi connectivity index (χ0n) is 7.95. The Hall–Kier alpha value is -0.940. The Bertz CT molecular complexity index is 297.